The summed E-state index contributed by atoms with van der Waals surface area (Å²) < 4.78 is 23.3. The van der Waals surface area contributed by atoms with E-state index in [9.17, 15) is 13.2 Å². The zero-order valence-corrected chi connectivity index (χ0v) is 21.8. The molecule has 0 unspecified atom stereocenters. The van der Waals surface area contributed by atoms with Crippen LogP contribution in [0, 0.1) is 16.7 Å². The van der Waals surface area contributed by atoms with E-state index in [1.54, 1.807) is 12.1 Å². The lowest BCUT2D eigenvalue weighted by molar-refractivity contribution is -0.100. The lowest BCUT2D eigenvalue weighted by atomic mass is 9.56. The molecule has 1 N–H and O–H groups in total. The Bertz CT molecular complexity index is 1270. The van der Waals surface area contributed by atoms with Crippen LogP contribution in [0.4, 0.5) is 4.79 Å². The number of nitrogens with one attached hydrogen (secondary N) is 1. The maximum absolute atomic E-state index is 13.0. The van der Waals surface area contributed by atoms with Crippen molar-refractivity contribution in [3.63, 3.8) is 0 Å². The molecule has 2 spiro atoms. The van der Waals surface area contributed by atoms with Gasteiger partial charge in [-0.25, -0.2) is 13.2 Å². The summed E-state index contributed by atoms with van der Waals surface area (Å²) in [6.45, 7) is 3.57. The van der Waals surface area contributed by atoms with Crippen LogP contribution < -0.4 is 0 Å². The third-order valence-corrected chi connectivity index (χ3v) is 10.9. The Morgan fingerprint density at radius 1 is 0.917 bits per heavy atom. The maximum atomic E-state index is 13.0. The van der Waals surface area contributed by atoms with Crippen molar-refractivity contribution in [3.8, 4) is 0 Å². The summed E-state index contributed by atoms with van der Waals surface area (Å²) in [5.41, 5.74) is 1.83. The Morgan fingerprint density at radius 2 is 1.47 bits per heavy atom. The quantitative estimate of drug-likeness (QED) is 0.662. The predicted molar refractivity (Wildman–Crippen MR) is 134 cm³/mol. The molecule has 192 valence electrons. The lowest BCUT2D eigenvalue weighted by Crippen LogP contribution is -2.70. The van der Waals surface area contributed by atoms with Gasteiger partial charge in [0.05, 0.1) is 4.90 Å². The molecule has 9 heteroatoms. The molecule has 3 aliphatic carbocycles. The van der Waals surface area contributed by atoms with Crippen molar-refractivity contribution in [1.29, 1.82) is 0 Å². The number of aromatic nitrogens is 3. The molecule has 7 rings (SSSR count). The molecule has 36 heavy (non-hydrogen) atoms. The smallest absolute Gasteiger partial charge is 0.320 e. The molecule has 2 aliphatic heterocycles. The normalized spacial score (nSPS) is 25.1. The van der Waals surface area contributed by atoms with Crippen molar-refractivity contribution in [2.24, 2.45) is 16.7 Å². The van der Waals surface area contributed by atoms with E-state index in [-0.39, 0.29) is 6.03 Å². The fourth-order valence-corrected chi connectivity index (χ4v) is 8.18. The van der Waals surface area contributed by atoms with E-state index in [1.807, 2.05) is 21.9 Å². The van der Waals surface area contributed by atoms with E-state index < -0.39 is 9.84 Å². The summed E-state index contributed by atoms with van der Waals surface area (Å²) >= 11 is 0. The van der Waals surface area contributed by atoms with Gasteiger partial charge in [-0.3, -0.25) is 0 Å². The summed E-state index contributed by atoms with van der Waals surface area (Å²) in [6, 6.07) is 7.54. The van der Waals surface area contributed by atoms with E-state index in [2.05, 4.69) is 15.2 Å². The number of carbonyl (C=O) groups is 1. The standard InChI is InChI=1S/C27H35N5O3S/c1-36(34,35)22-7-5-18(6-8-22)9-19-10-26(11-19)14-31(15-26)25(33)32-16-27(17-32)12-21(13-27)24-28-23(29-30-24)20-3-2-4-20/h5-8,19-21H,2-4,9-17H2,1H3,(H,28,29,30). The molecule has 5 aliphatic rings. The number of urea groups is 1. The fourth-order valence-electron chi connectivity index (χ4n) is 7.55. The van der Waals surface area contributed by atoms with Crippen LogP contribution in [-0.2, 0) is 16.3 Å². The van der Waals surface area contributed by atoms with Crippen molar-refractivity contribution in [1.82, 2.24) is 25.0 Å². The van der Waals surface area contributed by atoms with Gasteiger partial charge in [0.1, 0.15) is 11.6 Å². The fraction of sp³-hybridized carbons (Fsp3) is 0.667. The molecule has 2 saturated heterocycles. The van der Waals surface area contributed by atoms with Gasteiger partial charge in [0.15, 0.2) is 9.84 Å². The second-order valence-electron chi connectivity index (χ2n) is 12.7. The third kappa shape index (κ3) is 3.76. The number of likely N-dealkylation sites (tertiary alicyclic amines) is 2. The van der Waals surface area contributed by atoms with Gasteiger partial charge in [-0.2, -0.15) is 0 Å². The zero-order chi connectivity index (χ0) is 24.7. The first-order valence-corrected chi connectivity index (χ1v) is 15.3. The molecular formula is C27H35N5O3S. The van der Waals surface area contributed by atoms with Crippen LogP contribution in [0.3, 0.4) is 0 Å². The first-order valence-electron chi connectivity index (χ1n) is 13.4. The average Bonchev–Trinajstić information content (AvgIpc) is 3.13. The number of H-pyrrole nitrogens is 1. The number of benzene rings is 1. The molecule has 2 amide bonds. The summed E-state index contributed by atoms with van der Waals surface area (Å²) in [6.07, 6.45) is 10.6. The molecule has 0 radical (unpaired) electrons. The SMILES string of the molecule is CS(=O)(=O)c1ccc(CC2CC3(C2)CN(C(=O)N2CC4(CC(c5nnc(C6CCC6)[nH]5)C4)C2)C3)cc1. The van der Waals surface area contributed by atoms with Crippen molar-refractivity contribution in [2.45, 2.75) is 68.1 Å². The second-order valence-corrected chi connectivity index (χ2v) is 14.7. The number of aromatic amines is 1. The van der Waals surface area contributed by atoms with E-state index in [4.69, 9.17) is 0 Å². The minimum absolute atomic E-state index is 0.224. The Hall–Kier alpha value is -2.42. The van der Waals surface area contributed by atoms with Gasteiger partial charge in [-0.05, 0) is 68.6 Å². The third-order valence-electron chi connectivity index (χ3n) is 9.72. The van der Waals surface area contributed by atoms with Crippen LogP contribution in [0.15, 0.2) is 29.2 Å². The van der Waals surface area contributed by atoms with Crippen LogP contribution in [-0.4, -0.2) is 71.9 Å². The number of carbonyl (C=O) groups excluding carboxylic acids is 1. The summed E-state index contributed by atoms with van der Waals surface area (Å²) in [4.78, 5) is 20.9. The lowest BCUT2D eigenvalue weighted by Gasteiger charge is -2.63. The molecule has 1 aromatic carbocycles. The highest BCUT2D eigenvalue weighted by atomic mass is 32.2. The van der Waals surface area contributed by atoms with Gasteiger partial charge >= 0.3 is 6.03 Å². The Labute approximate surface area is 212 Å². The predicted octanol–water partition coefficient (Wildman–Crippen LogP) is 3.73. The van der Waals surface area contributed by atoms with Gasteiger partial charge < -0.3 is 14.8 Å². The molecule has 3 heterocycles. The number of sulfone groups is 1. The van der Waals surface area contributed by atoms with Crippen LogP contribution in [0.2, 0.25) is 0 Å². The minimum atomic E-state index is -3.14. The Morgan fingerprint density at radius 3 is 2.00 bits per heavy atom. The van der Waals surface area contributed by atoms with Crippen molar-refractivity contribution < 1.29 is 13.2 Å². The summed E-state index contributed by atoms with van der Waals surface area (Å²) in [5, 5.41) is 8.82. The topological polar surface area (TPSA) is 99.3 Å². The van der Waals surface area contributed by atoms with Crippen LogP contribution >= 0.6 is 0 Å². The number of nitrogens with zero attached hydrogens (tertiary/aromatic N) is 4. The van der Waals surface area contributed by atoms with Gasteiger partial charge in [0.25, 0.3) is 0 Å². The number of rotatable bonds is 5. The molecule has 2 aromatic rings. The van der Waals surface area contributed by atoms with E-state index >= 15 is 0 Å². The van der Waals surface area contributed by atoms with Crippen molar-refractivity contribution in [3.05, 3.63) is 41.5 Å². The van der Waals surface area contributed by atoms with Crippen molar-refractivity contribution in [2.75, 3.05) is 32.4 Å². The van der Waals surface area contributed by atoms with E-state index in [1.165, 1.54) is 31.1 Å². The van der Waals surface area contributed by atoms with Gasteiger partial charge in [0, 0.05) is 55.1 Å². The van der Waals surface area contributed by atoms with Crippen LogP contribution in [0.1, 0.15) is 74.0 Å². The highest BCUT2D eigenvalue weighted by Crippen LogP contribution is 2.57. The molecule has 1 aromatic heterocycles. The second kappa shape index (κ2) is 7.79. The number of hydrogen-bond acceptors (Lipinski definition) is 5. The maximum Gasteiger partial charge on any atom is 0.320 e. The monoisotopic (exact) mass is 509 g/mol. The highest BCUT2D eigenvalue weighted by molar-refractivity contribution is 7.90. The first-order chi connectivity index (χ1) is 17.2. The van der Waals surface area contributed by atoms with Crippen molar-refractivity contribution >= 4 is 15.9 Å². The van der Waals surface area contributed by atoms with Gasteiger partial charge in [0.2, 0.25) is 0 Å². The van der Waals surface area contributed by atoms with Gasteiger partial charge in [-0.15, -0.1) is 10.2 Å². The minimum Gasteiger partial charge on any atom is -0.328 e. The number of amides is 2. The molecule has 3 saturated carbocycles. The average molecular weight is 510 g/mol. The summed E-state index contributed by atoms with van der Waals surface area (Å²) in [5.74, 6) is 3.84. The molecule has 0 atom stereocenters. The molecule has 0 bridgehead atoms. The largest absolute Gasteiger partial charge is 0.328 e. The zero-order valence-electron chi connectivity index (χ0n) is 20.9. The molecule has 5 fully saturated rings. The van der Waals surface area contributed by atoms with E-state index in [0.29, 0.717) is 33.5 Å². The molecular weight excluding hydrogens is 474 g/mol. The first kappa shape index (κ1) is 22.8. The van der Waals surface area contributed by atoms with E-state index in [0.717, 1.165) is 69.9 Å². The molecule has 8 nitrogen and oxygen atoms in total. The van der Waals surface area contributed by atoms with Gasteiger partial charge in [-0.1, -0.05) is 18.6 Å². The van der Waals surface area contributed by atoms with Crippen LogP contribution in [0.25, 0.3) is 0 Å². The Kier molecular flexibility index (Phi) is 4.92. The summed E-state index contributed by atoms with van der Waals surface area (Å²) in [7, 11) is -3.14. The highest BCUT2D eigenvalue weighted by Gasteiger charge is 2.58. The Balaban J connectivity index is 0.839. The van der Waals surface area contributed by atoms with Crippen LogP contribution in [0.5, 0.6) is 0 Å². The number of hydrogen-bond donors (Lipinski definition) is 1.